The highest BCUT2D eigenvalue weighted by Gasteiger charge is 2.29. The summed E-state index contributed by atoms with van der Waals surface area (Å²) in [6, 6.07) is -0.0782. The molecule has 1 aliphatic heterocycles. The monoisotopic (exact) mass is 207 g/mol. The smallest absolute Gasteiger partial charge is 0.279 e. The number of nitrogens with one attached hydrogen (secondary N) is 1. The van der Waals surface area contributed by atoms with E-state index in [0.29, 0.717) is 13.1 Å². The van der Waals surface area contributed by atoms with Gasteiger partial charge in [0.2, 0.25) is 0 Å². The number of hydrogen-bond acceptors (Lipinski definition) is 3. The number of hydrogen-bond donors (Lipinski definition) is 2. The van der Waals surface area contributed by atoms with E-state index in [9.17, 15) is 8.42 Å². The second-order valence-corrected chi connectivity index (χ2v) is 5.39. The average molecular weight is 207 g/mol. The van der Waals surface area contributed by atoms with Gasteiger partial charge in [0.25, 0.3) is 10.2 Å². The zero-order valence-corrected chi connectivity index (χ0v) is 8.84. The Morgan fingerprint density at radius 2 is 2.15 bits per heavy atom. The molecular formula is C7H17N3O2S. The molecule has 78 valence electrons. The Morgan fingerprint density at radius 1 is 1.54 bits per heavy atom. The molecule has 6 heteroatoms. The molecule has 1 atom stereocenters. The minimum absolute atomic E-state index is 0.0104. The zero-order chi connectivity index (χ0) is 10.1. The second kappa shape index (κ2) is 3.91. The summed E-state index contributed by atoms with van der Waals surface area (Å²) in [7, 11) is -3.29. The topological polar surface area (TPSA) is 75.4 Å². The minimum atomic E-state index is -3.29. The van der Waals surface area contributed by atoms with E-state index < -0.39 is 10.2 Å². The molecule has 1 heterocycles. The molecule has 0 aromatic rings. The molecule has 1 rings (SSSR count). The van der Waals surface area contributed by atoms with Gasteiger partial charge in [0.05, 0.1) is 0 Å². The molecule has 1 saturated heterocycles. The third-order valence-corrected chi connectivity index (χ3v) is 3.69. The molecular weight excluding hydrogens is 190 g/mol. The van der Waals surface area contributed by atoms with Crippen LogP contribution in [0.1, 0.15) is 20.3 Å². The van der Waals surface area contributed by atoms with Crippen molar-refractivity contribution in [1.29, 1.82) is 0 Å². The van der Waals surface area contributed by atoms with Gasteiger partial charge >= 0.3 is 0 Å². The van der Waals surface area contributed by atoms with Crippen molar-refractivity contribution in [3.63, 3.8) is 0 Å². The SMILES string of the molecule is CC(C)NS(=O)(=O)N1CC[C@@H](N)C1. The van der Waals surface area contributed by atoms with Crippen molar-refractivity contribution < 1.29 is 8.42 Å². The molecule has 0 amide bonds. The third-order valence-electron chi connectivity index (χ3n) is 1.91. The van der Waals surface area contributed by atoms with Crippen molar-refractivity contribution in [1.82, 2.24) is 9.03 Å². The van der Waals surface area contributed by atoms with Gasteiger partial charge in [0.1, 0.15) is 0 Å². The van der Waals surface area contributed by atoms with Gasteiger partial charge in [0.15, 0.2) is 0 Å². The van der Waals surface area contributed by atoms with E-state index in [1.54, 1.807) is 13.8 Å². The standard InChI is InChI=1S/C7H17N3O2S/c1-6(2)9-13(11,12)10-4-3-7(8)5-10/h6-7,9H,3-5,8H2,1-2H3/t7-/m1/s1. The van der Waals surface area contributed by atoms with Gasteiger partial charge in [-0.3, -0.25) is 0 Å². The van der Waals surface area contributed by atoms with Crippen molar-refractivity contribution in [3.05, 3.63) is 0 Å². The van der Waals surface area contributed by atoms with E-state index in [-0.39, 0.29) is 12.1 Å². The summed E-state index contributed by atoms with van der Waals surface area (Å²) in [5, 5.41) is 0. The van der Waals surface area contributed by atoms with Gasteiger partial charge in [-0.25, -0.2) is 0 Å². The molecule has 0 bridgehead atoms. The van der Waals surface area contributed by atoms with E-state index in [1.807, 2.05) is 0 Å². The lowest BCUT2D eigenvalue weighted by Gasteiger charge is -2.18. The van der Waals surface area contributed by atoms with Crippen LogP contribution in [0.2, 0.25) is 0 Å². The van der Waals surface area contributed by atoms with Crippen molar-refractivity contribution in [3.8, 4) is 0 Å². The van der Waals surface area contributed by atoms with Crippen LogP contribution in [0.25, 0.3) is 0 Å². The summed E-state index contributed by atoms with van der Waals surface area (Å²) in [5.74, 6) is 0. The first-order valence-electron chi connectivity index (χ1n) is 4.45. The highest BCUT2D eigenvalue weighted by molar-refractivity contribution is 7.87. The van der Waals surface area contributed by atoms with Crippen LogP contribution in [0.3, 0.4) is 0 Å². The quantitative estimate of drug-likeness (QED) is 0.640. The van der Waals surface area contributed by atoms with E-state index in [2.05, 4.69) is 4.72 Å². The predicted molar refractivity (Wildman–Crippen MR) is 51.4 cm³/mol. The Bertz CT molecular complexity index is 263. The number of nitrogens with zero attached hydrogens (tertiary/aromatic N) is 1. The fourth-order valence-corrected chi connectivity index (χ4v) is 2.82. The summed E-state index contributed by atoms with van der Waals surface area (Å²) < 4.78 is 27.0. The predicted octanol–water partition coefficient (Wildman–Crippen LogP) is -0.738. The molecule has 0 saturated carbocycles. The summed E-state index contributed by atoms with van der Waals surface area (Å²) >= 11 is 0. The highest BCUT2D eigenvalue weighted by atomic mass is 32.2. The van der Waals surface area contributed by atoms with E-state index in [0.717, 1.165) is 6.42 Å². The van der Waals surface area contributed by atoms with Gasteiger partial charge < -0.3 is 5.73 Å². The molecule has 13 heavy (non-hydrogen) atoms. The largest absolute Gasteiger partial charge is 0.326 e. The lowest BCUT2D eigenvalue weighted by Crippen LogP contribution is -2.43. The van der Waals surface area contributed by atoms with Crippen LogP contribution in [0.5, 0.6) is 0 Å². The van der Waals surface area contributed by atoms with Crippen LogP contribution in [0, 0.1) is 0 Å². The second-order valence-electron chi connectivity index (χ2n) is 3.68. The minimum Gasteiger partial charge on any atom is -0.326 e. The van der Waals surface area contributed by atoms with Gasteiger partial charge in [0, 0.05) is 25.2 Å². The highest BCUT2D eigenvalue weighted by Crippen LogP contribution is 2.10. The van der Waals surface area contributed by atoms with Crippen LogP contribution in [0.15, 0.2) is 0 Å². The summed E-state index contributed by atoms with van der Waals surface area (Å²) in [6.45, 7) is 4.56. The Hall–Kier alpha value is -0.170. The van der Waals surface area contributed by atoms with Crippen LogP contribution in [-0.4, -0.2) is 37.9 Å². The normalized spacial score (nSPS) is 25.7. The first kappa shape index (κ1) is 10.9. The first-order valence-corrected chi connectivity index (χ1v) is 5.89. The Labute approximate surface area is 79.5 Å². The van der Waals surface area contributed by atoms with Gasteiger partial charge in [-0.15, -0.1) is 0 Å². The van der Waals surface area contributed by atoms with Crippen LogP contribution in [0.4, 0.5) is 0 Å². The maximum atomic E-state index is 11.5. The molecule has 0 aliphatic carbocycles. The lowest BCUT2D eigenvalue weighted by molar-refractivity contribution is 0.454. The molecule has 0 aromatic heterocycles. The summed E-state index contributed by atoms with van der Waals surface area (Å²) in [4.78, 5) is 0. The van der Waals surface area contributed by atoms with Crippen LogP contribution < -0.4 is 10.5 Å². The lowest BCUT2D eigenvalue weighted by atomic mass is 10.3. The van der Waals surface area contributed by atoms with Crippen LogP contribution in [-0.2, 0) is 10.2 Å². The summed E-state index contributed by atoms with van der Waals surface area (Å²) in [5.41, 5.74) is 5.62. The van der Waals surface area contributed by atoms with E-state index in [1.165, 1.54) is 4.31 Å². The number of nitrogens with two attached hydrogens (primary N) is 1. The Balaban J connectivity index is 2.60. The fraction of sp³-hybridized carbons (Fsp3) is 1.00. The van der Waals surface area contributed by atoms with Gasteiger partial charge in [-0.2, -0.15) is 17.4 Å². The average Bonchev–Trinajstić information content (AvgIpc) is 2.32. The number of rotatable bonds is 3. The van der Waals surface area contributed by atoms with Crippen molar-refractivity contribution in [2.24, 2.45) is 5.73 Å². The van der Waals surface area contributed by atoms with Crippen molar-refractivity contribution in [2.75, 3.05) is 13.1 Å². The van der Waals surface area contributed by atoms with Crippen molar-refractivity contribution >= 4 is 10.2 Å². The third kappa shape index (κ3) is 2.91. The summed E-state index contributed by atoms with van der Waals surface area (Å²) in [6.07, 6.45) is 0.749. The maximum absolute atomic E-state index is 11.5. The Kier molecular flexibility index (Phi) is 3.28. The maximum Gasteiger partial charge on any atom is 0.279 e. The molecule has 3 N–H and O–H groups in total. The molecule has 1 aliphatic rings. The van der Waals surface area contributed by atoms with E-state index >= 15 is 0 Å². The van der Waals surface area contributed by atoms with Crippen molar-refractivity contribution in [2.45, 2.75) is 32.4 Å². The Morgan fingerprint density at radius 3 is 2.54 bits per heavy atom. The molecule has 5 nitrogen and oxygen atoms in total. The molecule has 0 radical (unpaired) electrons. The van der Waals surface area contributed by atoms with Crippen LogP contribution >= 0.6 is 0 Å². The molecule has 1 fully saturated rings. The zero-order valence-electron chi connectivity index (χ0n) is 8.03. The van der Waals surface area contributed by atoms with Gasteiger partial charge in [-0.1, -0.05) is 0 Å². The van der Waals surface area contributed by atoms with E-state index in [4.69, 9.17) is 5.73 Å². The fourth-order valence-electron chi connectivity index (χ4n) is 1.34. The molecule has 0 unspecified atom stereocenters. The first-order chi connectivity index (χ1) is 5.92. The molecule has 0 spiro atoms. The van der Waals surface area contributed by atoms with Gasteiger partial charge in [-0.05, 0) is 20.3 Å². The molecule has 0 aromatic carbocycles.